The first-order valence-electron chi connectivity index (χ1n) is 6.17. The molecule has 0 saturated carbocycles. The molecule has 0 bridgehead atoms. The molecule has 2 rings (SSSR count). The second-order valence-electron chi connectivity index (χ2n) is 4.61. The molecule has 0 amide bonds. The quantitative estimate of drug-likeness (QED) is 0.796. The lowest BCUT2D eigenvalue weighted by atomic mass is 9.93. The van der Waals surface area contributed by atoms with E-state index in [4.69, 9.17) is 0 Å². The van der Waals surface area contributed by atoms with Crippen LogP contribution in [-0.2, 0) is 14.4 Å². The van der Waals surface area contributed by atoms with Gasteiger partial charge in [0.1, 0.15) is 5.04 Å². The summed E-state index contributed by atoms with van der Waals surface area (Å²) >= 11 is 1.31. The molecule has 5 nitrogen and oxygen atoms in total. The van der Waals surface area contributed by atoms with E-state index in [-0.39, 0.29) is 11.2 Å². The number of oxime groups is 1. The van der Waals surface area contributed by atoms with Crippen LogP contribution in [0.4, 0.5) is 0 Å². The van der Waals surface area contributed by atoms with Gasteiger partial charge in [0, 0.05) is 5.25 Å². The lowest BCUT2D eigenvalue weighted by Gasteiger charge is -2.16. The molecule has 0 aromatic heterocycles. The third-order valence-corrected chi connectivity index (χ3v) is 4.44. The molecule has 1 aliphatic rings. The molecule has 7 heteroatoms. The van der Waals surface area contributed by atoms with Crippen molar-refractivity contribution in [3.8, 4) is 6.07 Å². The molecule has 110 valence electrons. The van der Waals surface area contributed by atoms with Gasteiger partial charge in [-0.05, 0) is 24.1 Å². The normalized spacial score (nSPS) is 21.2. The molecular weight excluding hydrogens is 308 g/mol. The topological polar surface area (TPSA) is 79.5 Å². The number of aryl methyl sites for hydroxylation is 1. The van der Waals surface area contributed by atoms with Crippen LogP contribution in [0.1, 0.15) is 17.0 Å². The molecule has 2 unspecified atom stereocenters. The van der Waals surface area contributed by atoms with Crippen molar-refractivity contribution in [2.24, 2.45) is 5.16 Å². The molecule has 0 fully saturated rings. The van der Waals surface area contributed by atoms with Crippen molar-refractivity contribution in [1.29, 1.82) is 5.26 Å². The van der Waals surface area contributed by atoms with E-state index >= 15 is 0 Å². The molecule has 21 heavy (non-hydrogen) atoms. The second-order valence-corrected chi connectivity index (χ2v) is 7.37. The summed E-state index contributed by atoms with van der Waals surface area (Å²) < 4.78 is 26.2. The summed E-state index contributed by atoms with van der Waals surface area (Å²) in [5.41, 5.74) is 2.02. The Morgan fingerprint density at radius 2 is 2.14 bits per heavy atom. The van der Waals surface area contributed by atoms with E-state index in [1.54, 1.807) is 6.08 Å². The molecule has 0 radical (unpaired) electrons. The molecule has 2 atom stereocenters. The van der Waals surface area contributed by atoms with E-state index < -0.39 is 10.1 Å². The summed E-state index contributed by atoms with van der Waals surface area (Å²) in [4.78, 5) is 0. The van der Waals surface area contributed by atoms with Crippen LogP contribution < -0.4 is 0 Å². The largest absolute Gasteiger partial charge is 0.325 e. The third kappa shape index (κ3) is 4.09. The summed E-state index contributed by atoms with van der Waals surface area (Å²) in [6, 6.07) is 10.0. The van der Waals surface area contributed by atoms with Crippen LogP contribution in [-0.4, -0.2) is 25.0 Å². The number of hydrogen-bond donors (Lipinski definition) is 0. The lowest BCUT2D eigenvalue weighted by molar-refractivity contribution is 0.345. The Labute approximate surface area is 128 Å². The molecule has 0 saturated heterocycles. The monoisotopic (exact) mass is 322 g/mol. The zero-order valence-corrected chi connectivity index (χ0v) is 13.2. The first kappa shape index (κ1) is 15.6. The Bertz CT molecular complexity index is 733. The van der Waals surface area contributed by atoms with Crippen molar-refractivity contribution >= 4 is 26.9 Å². The van der Waals surface area contributed by atoms with Crippen LogP contribution >= 0.6 is 11.8 Å². The molecular formula is C14H14N2O3S2. The van der Waals surface area contributed by atoms with E-state index in [2.05, 4.69) is 15.5 Å². The van der Waals surface area contributed by atoms with Crippen molar-refractivity contribution in [1.82, 2.24) is 0 Å². The van der Waals surface area contributed by atoms with Crippen LogP contribution in [0.5, 0.6) is 0 Å². The average molecular weight is 322 g/mol. The highest BCUT2D eigenvalue weighted by Gasteiger charge is 2.28. The lowest BCUT2D eigenvalue weighted by Crippen LogP contribution is -2.11. The van der Waals surface area contributed by atoms with Crippen LogP contribution in [0, 0.1) is 18.3 Å². The van der Waals surface area contributed by atoms with Crippen molar-refractivity contribution < 1.29 is 12.7 Å². The van der Waals surface area contributed by atoms with Gasteiger partial charge in [-0.15, -0.1) is 0 Å². The third-order valence-electron chi connectivity index (χ3n) is 2.94. The minimum absolute atomic E-state index is 0.113. The Hall–Kier alpha value is -1.78. The van der Waals surface area contributed by atoms with Crippen molar-refractivity contribution in [2.75, 3.05) is 6.26 Å². The zero-order valence-electron chi connectivity index (χ0n) is 11.6. The van der Waals surface area contributed by atoms with Crippen LogP contribution in [0.3, 0.4) is 0 Å². The predicted octanol–water partition coefficient (Wildman–Crippen LogP) is 2.56. The molecule has 0 spiro atoms. The Morgan fingerprint density at radius 1 is 1.43 bits per heavy atom. The highest BCUT2D eigenvalue weighted by atomic mass is 32.2. The number of thioether (sulfide) groups is 1. The van der Waals surface area contributed by atoms with Crippen LogP contribution in [0.2, 0.25) is 0 Å². The molecule has 0 aliphatic carbocycles. The molecule has 1 aromatic rings. The summed E-state index contributed by atoms with van der Waals surface area (Å²) in [7, 11) is -3.61. The van der Waals surface area contributed by atoms with E-state index in [1.165, 1.54) is 11.8 Å². The molecule has 1 aromatic carbocycles. The smallest absolute Gasteiger partial charge is 0.268 e. The van der Waals surface area contributed by atoms with Crippen molar-refractivity contribution in [2.45, 2.75) is 18.1 Å². The number of rotatable bonds is 4. The van der Waals surface area contributed by atoms with Crippen molar-refractivity contribution in [3.63, 3.8) is 0 Å². The van der Waals surface area contributed by atoms with Gasteiger partial charge in [-0.2, -0.15) is 13.7 Å². The summed E-state index contributed by atoms with van der Waals surface area (Å²) in [6.45, 7) is 1.96. The predicted molar refractivity (Wildman–Crippen MR) is 83.4 cm³/mol. The summed E-state index contributed by atoms with van der Waals surface area (Å²) in [5, 5.41) is 13.3. The van der Waals surface area contributed by atoms with E-state index in [9.17, 15) is 13.7 Å². The molecule has 0 N–H and O–H groups in total. The van der Waals surface area contributed by atoms with Gasteiger partial charge in [-0.3, -0.25) is 4.28 Å². The summed E-state index contributed by atoms with van der Waals surface area (Å²) in [5.74, 6) is -0.321. The fourth-order valence-corrected chi connectivity index (χ4v) is 3.27. The van der Waals surface area contributed by atoms with E-state index in [0.717, 1.165) is 17.4 Å². The molecule has 1 heterocycles. The van der Waals surface area contributed by atoms with Gasteiger partial charge in [0.2, 0.25) is 0 Å². The van der Waals surface area contributed by atoms with Gasteiger partial charge in [0.05, 0.1) is 18.2 Å². The maximum Gasteiger partial charge on any atom is 0.325 e. The minimum atomic E-state index is -3.61. The number of nitrogens with zero attached hydrogens (tertiary/aromatic N) is 2. The molecule has 1 aliphatic heterocycles. The first-order chi connectivity index (χ1) is 9.90. The zero-order chi connectivity index (χ0) is 15.5. The first-order valence-corrected chi connectivity index (χ1v) is 8.87. The van der Waals surface area contributed by atoms with Gasteiger partial charge >= 0.3 is 10.1 Å². The Balaban J connectivity index is 2.16. The second kappa shape index (κ2) is 6.33. The SMILES string of the molecule is Cc1ccccc1C(C#N)C1C=CC(=NOS(C)(=O)=O)S1. The van der Waals surface area contributed by atoms with Gasteiger partial charge in [-0.25, -0.2) is 0 Å². The van der Waals surface area contributed by atoms with Crippen LogP contribution in [0.25, 0.3) is 0 Å². The van der Waals surface area contributed by atoms with Gasteiger partial charge in [0.15, 0.2) is 0 Å². The van der Waals surface area contributed by atoms with Crippen molar-refractivity contribution in [3.05, 3.63) is 47.5 Å². The van der Waals surface area contributed by atoms with E-state index in [1.807, 2.05) is 37.3 Å². The maximum atomic E-state index is 10.9. The van der Waals surface area contributed by atoms with E-state index in [0.29, 0.717) is 5.04 Å². The van der Waals surface area contributed by atoms with Crippen LogP contribution in [0.15, 0.2) is 41.6 Å². The average Bonchev–Trinajstić information content (AvgIpc) is 2.87. The Morgan fingerprint density at radius 3 is 2.76 bits per heavy atom. The minimum Gasteiger partial charge on any atom is -0.268 e. The fraction of sp³-hybridized carbons (Fsp3) is 0.286. The Kier molecular flexibility index (Phi) is 4.70. The van der Waals surface area contributed by atoms with Gasteiger partial charge in [-0.1, -0.05) is 47.3 Å². The number of benzene rings is 1. The standard InChI is InChI=1S/C14H14N2O3S2/c1-10-5-3-4-6-11(10)12(9-15)13-7-8-14(20-13)16-19-21(2,17)18/h3-8,12-13H,1-2H3. The fourth-order valence-electron chi connectivity index (χ4n) is 1.99. The maximum absolute atomic E-state index is 10.9. The number of nitriles is 1. The summed E-state index contributed by atoms with van der Waals surface area (Å²) in [6.07, 6.45) is 4.45. The number of hydrogen-bond acceptors (Lipinski definition) is 6. The van der Waals surface area contributed by atoms with Gasteiger partial charge < -0.3 is 0 Å². The van der Waals surface area contributed by atoms with Gasteiger partial charge in [0.25, 0.3) is 0 Å². The highest BCUT2D eigenvalue weighted by Crippen LogP contribution is 2.35. The highest BCUT2D eigenvalue weighted by molar-refractivity contribution is 8.15.